The van der Waals surface area contributed by atoms with Crippen molar-refractivity contribution < 1.29 is 4.79 Å². The van der Waals surface area contributed by atoms with Crippen LogP contribution in [0.25, 0.3) is 10.9 Å². The molecule has 0 bridgehead atoms. The zero-order valence-corrected chi connectivity index (χ0v) is 16.3. The molecule has 1 aromatic carbocycles. The van der Waals surface area contributed by atoms with E-state index in [4.69, 9.17) is 0 Å². The standard InChI is InChI=1S/C21H22N4O2/c1-11-6-7-17-15(8-11)19(12(2)13(3)22-17)21(27)25-9-16-18(10-25)23-14(4)24(5)20(16)26/h6-8H,9-10H2,1-5H3. The summed E-state index contributed by atoms with van der Waals surface area (Å²) in [5.41, 5.74) is 5.53. The van der Waals surface area contributed by atoms with Gasteiger partial charge in [0.05, 0.1) is 35.4 Å². The third-order valence-corrected chi connectivity index (χ3v) is 5.51. The maximum absolute atomic E-state index is 13.5. The Labute approximate surface area is 157 Å². The van der Waals surface area contributed by atoms with E-state index in [2.05, 4.69) is 9.97 Å². The number of fused-ring (bicyclic) bond motifs is 2. The number of rotatable bonds is 1. The predicted molar refractivity (Wildman–Crippen MR) is 104 cm³/mol. The summed E-state index contributed by atoms with van der Waals surface area (Å²) in [6, 6.07) is 5.96. The molecule has 0 fully saturated rings. The largest absolute Gasteiger partial charge is 0.328 e. The molecule has 0 N–H and O–H groups in total. The number of hydrogen-bond donors (Lipinski definition) is 0. The Balaban J connectivity index is 1.83. The SMILES string of the molecule is Cc1ccc2nc(C)c(C)c(C(=O)N3Cc4nc(C)n(C)c(=O)c4C3)c2c1. The van der Waals surface area contributed by atoms with Crippen LogP contribution in [-0.2, 0) is 20.1 Å². The molecule has 0 radical (unpaired) electrons. The van der Waals surface area contributed by atoms with E-state index < -0.39 is 0 Å². The lowest BCUT2D eigenvalue weighted by Crippen LogP contribution is -2.28. The van der Waals surface area contributed by atoms with E-state index in [1.165, 1.54) is 4.57 Å². The van der Waals surface area contributed by atoms with E-state index in [1.807, 2.05) is 39.0 Å². The summed E-state index contributed by atoms with van der Waals surface area (Å²) < 4.78 is 1.54. The van der Waals surface area contributed by atoms with Gasteiger partial charge in [-0.2, -0.15) is 0 Å². The number of carbonyl (C=O) groups is 1. The highest BCUT2D eigenvalue weighted by molar-refractivity contribution is 6.07. The van der Waals surface area contributed by atoms with Crippen molar-refractivity contribution in [2.24, 2.45) is 7.05 Å². The molecule has 0 saturated carbocycles. The van der Waals surface area contributed by atoms with Gasteiger partial charge >= 0.3 is 0 Å². The Morgan fingerprint density at radius 2 is 1.81 bits per heavy atom. The summed E-state index contributed by atoms with van der Waals surface area (Å²) in [6.45, 7) is 8.32. The van der Waals surface area contributed by atoms with E-state index >= 15 is 0 Å². The molecule has 6 heteroatoms. The molecule has 6 nitrogen and oxygen atoms in total. The van der Waals surface area contributed by atoms with Crippen LogP contribution in [0.4, 0.5) is 0 Å². The second-order valence-electron chi connectivity index (χ2n) is 7.33. The monoisotopic (exact) mass is 362 g/mol. The second-order valence-corrected chi connectivity index (χ2v) is 7.33. The molecule has 0 spiro atoms. The van der Waals surface area contributed by atoms with Crippen LogP contribution >= 0.6 is 0 Å². The highest BCUT2D eigenvalue weighted by Gasteiger charge is 2.30. The van der Waals surface area contributed by atoms with Gasteiger partial charge in [0.1, 0.15) is 5.82 Å². The highest BCUT2D eigenvalue weighted by atomic mass is 16.2. The van der Waals surface area contributed by atoms with Crippen molar-refractivity contribution in [3.8, 4) is 0 Å². The minimum atomic E-state index is -0.0775. The molecule has 0 atom stereocenters. The molecular formula is C21H22N4O2. The normalized spacial score (nSPS) is 13.3. The molecule has 1 aliphatic heterocycles. The molecule has 138 valence electrons. The summed E-state index contributed by atoms with van der Waals surface area (Å²) in [6.07, 6.45) is 0. The molecule has 1 aliphatic rings. The maximum atomic E-state index is 13.5. The maximum Gasteiger partial charge on any atom is 0.258 e. The number of benzene rings is 1. The van der Waals surface area contributed by atoms with Crippen LogP contribution in [0.2, 0.25) is 0 Å². The molecule has 4 rings (SSSR count). The molecule has 0 unspecified atom stereocenters. The van der Waals surface area contributed by atoms with Gasteiger partial charge in [-0.15, -0.1) is 0 Å². The van der Waals surface area contributed by atoms with Gasteiger partial charge in [0.15, 0.2) is 0 Å². The first-order chi connectivity index (χ1) is 12.8. The Kier molecular flexibility index (Phi) is 3.87. The quantitative estimate of drug-likeness (QED) is 0.667. The van der Waals surface area contributed by atoms with Crippen LogP contribution in [0.5, 0.6) is 0 Å². The number of amides is 1. The molecule has 2 aromatic heterocycles. The molecule has 3 aromatic rings. The van der Waals surface area contributed by atoms with Crippen LogP contribution in [0.1, 0.15) is 44.3 Å². The van der Waals surface area contributed by atoms with Crippen molar-refractivity contribution in [2.45, 2.75) is 40.8 Å². The van der Waals surface area contributed by atoms with E-state index in [0.717, 1.165) is 27.7 Å². The van der Waals surface area contributed by atoms with Crippen molar-refractivity contribution in [1.29, 1.82) is 0 Å². The number of hydrogen-bond acceptors (Lipinski definition) is 4. The second kappa shape index (κ2) is 6.01. The zero-order valence-electron chi connectivity index (χ0n) is 16.3. The first kappa shape index (κ1) is 17.4. The fourth-order valence-electron chi connectivity index (χ4n) is 3.70. The highest BCUT2D eigenvalue weighted by Crippen LogP contribution is 2.28. The van der Waals surface area contributed by atoms with Gasteiger partial charge in [-0.1, -0.05) is 11.6 Å². The van der Waals surface area contributed by atoms with E-state index in [1.54, 1.807) is 18.9 Å². The van der Waals surface area contributed by atoms with Crippen molar-refractivity contribution >= 4 is 16.8 Å². The number of aromatic nitrogens is 3. The van der Waals surface area contributed by atoms with Crippen molar-refractivity contribution in [2.75, 3.05) is 0 Å². The summed E-state index contributed by atoms with van der Waals surface area (Å²) in [5.74, 6) is 0.580. The molecule has 1 amide bonds. The topological polar surface area (TPSA) is 68.1 Å². The molecule has 0 saturated heterocycles. The molecule has 0 aliphatic carbocycles. The van der Waals surface area contributed by atoms with E-state index in [-0.39, 0.29) is 11.5 Å². The lowest BCUT2D eigenvalue weighted by Gasteiger charge is -2.19. The first-order valence-electron chi connectivity index (χ1n) is 9.00. The lowest BCUT2D eigenvalue weighted by molar-refractivity contribution is 0.0751. The summed E-state index contributed by atoms with van der Waals surface area (Å²) in [7, 11) is 1.71. The minimum absolute atomic E-state index is 0.0730. The fraction of sp³-hybridized carbons (Fsp3) is 0.333. The van der Waals surface area contributed by atoms with Crippen LogP contribution in [0, 0.1) is 27.7 Å². The smallest absolute Gasteiger partial charge is 0.258 e. The zero-order chi connectivity index (χ0) is 19.5. The lowest BCUT2D eigenvalue weighted by atomic mass is 9.99. The van der Waals surface area contributed by atoms with Gasteiger partial charge in [0.2, 0.25) is 0 Å². The summed E-state index contributed by atoms with van der Waals surface area (Å²) in [5, 5.41) is 0.857. The predicted octanol–water partition coefficient (Wildman–Crippen LogP) is 2.72. The number of pyridine rings is 1. The van der Waals surface area contributed by atoms with E-state index in [0.29, 0.717) is 35.7 Å². The van der Waals surface area contributed by atoms with Gasteiger partial charge in [0.25, 0.3) is 11.5 Å². The summed E-state index contributed by atoms with van der Waals surface area (Å²) in [4.78, 5) is 36.8. The molecular weight excluding hydrogens is 340 g/mol. The van der Waals surface area contributed by atoms with Crippen LogP contribution in [0.15, 0.2) is 23.0 Å². The Hall–Kier alpha value is -3.02. The molecule has 27 heavy (non-hydrogen) atoms. The van der Waals surface area contributed by atoms with Gasteiger partial charge < -0.3 is 4.90 Å². The van der Waals surface area contributed by atoms with Crippen molar-refractivity contribution in [3.05, 3.63) is 68.0 Å². The van der Waals surface area contributed by atoms with Gasteiger partial charge in [-0.05, 0) is 45.4 Å². The fourth-order valence-corrected chi connectivity index (χ4v) is 3.70. The summed E-state index contributed by atoms with van der Waals surface area (Å²) >= 11 is 0. The average molecular weight is 362 g/mol. The van der Waals surface area contributed by atoms with Gasteiger partial charge in [-0.3, -0.25) is 19.1 Å². The van der Waals surface area contributed by atoms with Crippen molar-refractivity contribution in [3.63, 3.8) is 0 Å². The van der Waals surface area contributed by atoms with Crippen LogP contribution in [-0.4, -0.2) is 25.3 Å². The number of nitrogens with zero attached hydrogens (tertiary/aromatic N) is 4. The Morgan fingerprint density at radius 3 is 2.56 bits per heavy atom. The van der Waals surface area contributed by atoms with Crippen LogP contribution in [0.3, 0.4) is 0 Å². The Morgan fingerprint density at radius 1 is 1.07 bits per heavy atom. The van der Waals surface area contributed by atoms with Crippen LogP contribution < -0.4 is 5.56 Å². The third kappa shape index (κ3) is 2.63. The van der Waals surface area contributed by atoms with Gasteiger partial charge in [0, 0.05) is 18.1 Å². The minimum Gasteiger partial charge on any atom is -0.328 e. The average Bonchev–Trinajstić information content (AvgIpc) is 3.05. The van der Waals surface area contributed by atoms with Gasteiger partial charge in [-0.25, -0.2) is 4.98 Å². The number of carbonyl (C=O) groups excluding carboxylic acids is 1. The third-order valence-electron chi connectivity index (χ3n) is 5.51. The van der Waals surface area contributed by atoms with Crippen molar-refractivity contribution in [1.82, 2.24) is 19.4 Å². The molecule has 3 heterocycles. The first-order valence-corrected chi connectivity index (χ1v) is 9.00. The number of aryl methyl sites for hydroxylation is 3. The Bertz CT molecular complexity index is 1180. The van der Waals surface area contributed by atoms with E-state index in [9.17, 15) is 9.59 Å².